The molecule has 2 atom stereocenters. The van der Waals surface area contributed by atoms with Gasteiger partial charge in [-0.05, 0) is 67.1 Å². The highest BCUT2D eigenvalue weighted by Gasteiger charge is 2.58. The Morgan fingerprint density at radius 3 is 2.39 bits per heavy atom. The molecule has 44 heavy (non-hydrogen) atoms. The number of thioether (sulfide) groups is 1. The van der Waals surface area contributed by atoms with Crippen LogP contribution in [0.25, 0.3) is 10.9 Å². The van der Waals surface area contributed by atoms with E-state index in [0.29, 0.717) is 28.2 Å². The third kappa shape index (κ3) is 6.76. The molecule has 0 aliphatic carbocycles. The molecule has 11 heteroatoms. The number of benzene rings is 3. The molecule has 0 saturated carbocycles. The molecular weight excluding hydrogens is 639 g/mol. The number of aromatic nitrogens is 1. The summed E-state index contributed by atoms with van der Waals surface area (Å²) in [6.45, 7) is 4.95. The molecule has 4 aromatic rings. The van der Waals surface area contributed by atoms with Crippen LogP contribution < -0.4 is 5.32 Å². The highest BCUT2D eigenvalue weighted by Crippen LogP contribution is 2.54. The highest BCUT2D eigenvalue weighted by molar-refractivity contribution is 8.01. The average molecular weight is 672 g/mol. The van der Waals surface area contributed by atoms with Crippen LogP contribution in [0, 0.1) is 0 Å². The van der Waals surface area contributed by atoms with Crippen molar-refractivity contribution < 1.29 is 14.3 Å². The minimum absolute atomic E-state index is 0.0358. The molecule has 2 fully saturated rings. The first kappa shape index (κ1) is 31.3. The second-order valence-corrected chi connectivity index (χ2v) is 13.9. The van der Waals surface area contributed by atoms with Crippen LogP contribution >= 0.6 is 46.6 Å². The van der Waals surface area contributed by atoms with E-state index in [1.165, 1.54) is 11.8 Å². The van der Waals surface area contributed by atoms with Crippen molar-refractivity contribution in [2.45, 2.75) is 35.1 Å². The fourth-order valence-electron chi connectivity index (χ4n) is 6.09. The number of hydrogen-bond donors (Lipinski definition) is 2. The monoisotopic (exact) mass is 670 g/mol. The van der Waals surface area contributed by atoms with E-state index in [9.17, 15) is 9.59 Å². The number of hydrogen-bond acceptors (Lipinski definition) is 5. The van der Waals surface area contributed by atoms with Gasteiger partial charge in [0.15, 0.2) is 0 Å². The maximum absolute atomic E-state index is 14.6. The van der Waals surface area contributed by atoms with E-state index in [4.69, 9.17) is 39.5 Å². The minimum atomic E-state index is -1.16. The van der Waals surface area contributed by atoms with Gasteiger partial charge < -0.3 is 19.9 Å². The van der Waals surface area contributed by atoms with E-state index >= 15 is 0 Å². The third-order valence-electron chi connectivity index (χ3n) is 8.26. The molecule has 2 N–H and O–H groups in total. The number of H-pyrrole nitrogens is 1. The molecule has 230 valence electrons. The quantitative estimate of drug-likeness (QED) is 0.178. The third-order valence-corrected chi connectivity index (χ3v) is 10.4. The van der Waals surface area contributed by atoms with Crippen LogP contribution in [0.15, 0.2) is 77.8 Å². The molecule has 2 aliphatic rings. The van der Waals surface area contributed by atoms with Gasteiger partial charge in [0.05, 0.1) is 25.7 Å². The van der Waals surface area contributed by atoms with Crippen molar-refractivity contribution in [2.24, 2.45) is 0 Å². The maximum atomic E-state index is 14.6. The van der Waals surface area contributed by atoms with Crippen LogP contribution in [-0.4, -0.2) is 70.7 Å². The van der Waals surface area contributed by atoms with E-state index in [1.807, 2.05) is 77.8 Å². The van der Waals surface area contributed by atoms with E-state index < -0.39 is 10.8 Å². The lowest BCUT2D eigenvalue weighted by molar-refractivity contribution is -0.129. The van der Waals surface area contributed by atoms with Crippen molar-refractivity contribution in [2.75, 3.05) is 39.4 Å². The molecule has 6 rings (SSSR count). The number of carbonyl (C=O) groups excluding carboxylic acids is 2. The highest BCUT2D eigenvalue weighted by atomic mass is 35.5. The zero-order valence-corrected chi connectivity index (χ0v) is 27.1. The average Bonchev–Trinajstić information content (AvgIpc) is 3.55. The van der Waals surface area contributed by atoms with Crippen LogP contribution in [0.1, 0.15) is 30.0 Å². The summed E-state index contributed by atoms with van der Waals surface area (Å²) in [6, 6.07) is 19.9. The molecule has 2 amide bonds. The molecule has 2 saturated heterocycles. The van der Waals surface area contributed by atoms with Gasteiger partial charge >= 0.3 is 0 Å². The second kappa shape index (κ2) is 13.7. The Kier molecular flexibility index (Phi) is 9.76. The molecular formula is C33H33Cl3N4O3S. The fourth-order valence-corrected chi connectivity index (χ4v) is 7.93. The molecule has 0 unspecified atom stereocenters. The van der Waals surface area contributed by atoms with Crippen LogP contribution in [0.2, 0.25) is 15.1 Å². The van der Waals surface area contributed by atoms with Crippen LogP contribution in [0.5, 0.6) is 0 Å². The molecule has 1 aromatic heterocycles. The van der Waals surface area contributed by atoms with Gasteiger partial charge in [0.1, 0.15) is 4.75 Å². The Morgan fingerprint density at radius 2 is 1.66 bits per heavy atom. The zero-order valence-electron chi connectivity index (χ0n) is 24.0. The summed E-state index contributed by atoms with van der Waals surface area (Å²) in [5.74, 6) is -0.266. The van der Waals surface area contributed by atoms with Crippen molar-refractivity contribution >= 4 is 69.3 Å². The van der Waals surface area contributed by atoms with Gasteiger partial charge in [0.25, 0.3) is 0 Å². The van der Waals surface area contributed by atoms with Crippen molar-refractivity contribution in [1.82, 2.24) is 20.1 Å². The number of likely N-dealkylation sites (tertiary alicyclic amines) is 1. The van der Waals surface area contributed by atoms with Gasteiger partial charge in [-0.15, -0.1) is 11.8 Å². The zero-order chi connectivity index (χ0) is 30.7. The van der Waals surface area contributed by atoms with Crippen molar-refractivity contribution in [3.63, 3.8) is 0 Å². The number of halogens is 3. The van der Waals surface area contributed by atoms with Crippen LogP contribution in [0.3, 0.4) is 0 Å². The first-order valence-electron chi connectivity index (χ1n) is 14.7. The number of ether oxygens (including phenoxy) is 1. The molecule has 3 heterocycles. The maximum Gasteiger partial charge on any atom is 0.239 e. The SMILES string of the molecule is O=C1C[C@](Sc2ccc(Cl)cc2)(C(=O)NCCCN2CCOCC2)[C@@H](c2c[nH]c3cc(Cl)ccc23)N1Cc1ccc(Cl)cc1. The molecule has 2 aliphatic heterocycles. The molecule has 0 spiro atoms. The van der Waals surface area contributed by atoms with Gasteiger partial charge in [-0.3, -0.25) is 14.5 Å². The number of rotatable bonds is 10. The minimum Gasteiger partial charge on any atom is -0.379 e. The summed E-state index contributed by atoms with van der Waals surface area (Å²) in [7, 11) is 0. The summed E-state index contributed by atoms with van der Waals surface area (Å²) in [4.78, 5) is 37.0. The Labute approximate surface area is 276 Å². The lowest BCUT2D eigenvalue weighted by atomic mass is 9.91. The second-order valence-electron chi connectivity index (χ2n) is 11.2. The number of nitrogens with one attached hydrogen (secondary N) is 2. The van der Waals surface area contributed by atoms with Crippen molar-refractivity contribution in [3.8, 4) is 0 Å². The van der Waals surface area contributed by atoms with E-state index in [-0.39, 0.29) is 18.2 Å². The van der Waals surface area contributed by atoms with Crippen LogP contribution in [-0.2, 0) is 20.9 Å². The Hall–Kier alpha value is -2.72. The van der Waals surface area contributed by atoms with E-state index in [0.717, 1.165) is 66.2 Å². The van der Waals surface area contributed by atoms with E-state index in [1.54, 1.807) is 0 Å². The van der Waals surface area contributed by atoms with E-state index in [2.05, 4.69) is 15.2 Å². The predicted octanol–water partition coefficient (Wildman–Crippen LogP) is 6.97. The lowest BCUT2D eigenvalue weighted by Crippen LogP contribution is -2.48. The van der Waals surface area contributed by atoms with Gasteiger partial charge in [-0.25, -0.2) is 0 Å². The van der Waals surface area contributed by atoms with Gasteiger partial charge in [-0.1, -0.05) is 53.0 Å². The largest absolute Gasteiger partial charge is 0.379 e. The summed E-state index contributed by atoms with van der Waals surface area (Å²) in [5.41, 5.74) is 2.63. The predicted molar refractivity (Wildman–Crippen MR) is 178 cm³/mol. The van der Waals surface area contributed by atoms with Crippen molar-refractivity contribution in [3.05, 3.63) is 99.1 Å². The fraction of sp³-hybridized carbons (Fsp3) is 0.333. The number of morpholine rings is 1. The summed E-state index contributed by atoms with van der Waals surface area (Å²) in [5, 5.41) is 5.97. The molecule has 3 aromatic carbocycles. The number of fused-ring (bicyclic) bond motifs is 1. The molecule has 0 radical (unpaired) electrons. The first-order valence-corrected chi connectivity index (χ1v) is 16.6. The Balaban J connectivity index is 1.39. The number of carbonyl (C=O) groups is 2. The standard InChI is InChI=1S/C33H33Cl3N4O3S/c34-23-4-2-22(3-5-23)21-40-30(41)19-33(44-26-9-6-24(35)7-10-26,32(42)37-12-1-13-39-14-16-43-17-15-39)31(40)28-20-38-29-18-25(36)8-11-27(28)29/h2-11,18,20,31,38H,1,12-17,19,21H2,(H,37,42)/t31-,33-/m1/s1. The van der Waals surface area contributed by atoms with Crippen molar-refractivity contribution in [1.29, 1.82) is 0 Å². The smallest absolute Gasteiger partial charge is 0.239 e. The molecule has 7 nitrogen and oxygen atoms in total. The number of aromatic amines is 1. The summed E-state index contributed by atoms with van der Waals surface area (Å²) in [6.07, 6.45) is 2.74. The summed E-state index contributed by atoms with van der Waals surface area (Å²) < 4.78 is 4.30. The van der Waals surface area contributed by atoms with Gasteiger partial charge in [0.2, 0.25) is 11.8 Å². The topological polar surface area (TPSA) is 77.7 Å². The Bertz CT molecular complexity index is 1630. The van der Waals surface area contributed by atoms with Gasteiger partial charge in [0, 0.05) is 68.8 Å². The molecule has 0 bridgehead atoms. The number of nitrogens with zero attached hydrogens (tertiary/aromatic N) is 2. The lowest BCUT2D eigenvalue weighted by Gasteiger charge is -2.36. The Morgan fingerprint density at radius 1 is 0.977 bits per heavy atom. The van der Waals surface area contributed by atoms with Gasteiger partial charge in [-0.2, -0.15) is 0 Å². The summed E-state index contributed by atoms with van der Waals surface area (Å²) >= 11 is 20.1. The normalized spacial score (nSPS) is 20.8. The van der Waals surface area contributed by atoms with Crippen LogP contribution in [0.4, 0.5) is 0 Å². The number of amides is 2. The first-order chi connectivity index (χ1) is 21.3.